The van der Waals surface area contributed by atoms with Crippen LogP contribution in [-0.2, 0) is 6.42 Å². The predicted molar refractivity (Wildman–Crippen MR) is 87.3 cm³/mol. The third-order valence-corrected chi connectivity index (χ3v) is 3.60. The van der Waals surface area contributed by atoms with Gasteiger partial charge in [-0.15, -0.1) is 0 Å². The van der Waals surface area contributed by atoms with E-state index in [9.17, 15) is 4.79 Å². The van der Waals surface area contributed by atoms with Crippen molar-refractivity contribution in [3.8, 4) is 0 Å². The van der Waals surface area contributed by atoms with Crippen molar-refractivity contribution in [3.05, 3.63) is 52.2 Å². The minimum atomic E-state index is -0.305. The lowest BCUT2D eigenvalue weighted by Gasteiger charge is -2.13. The summed E-state index contributed by atoms with van der Waals surface area (Å²) in [4.78, 5) is 16.7. The molecule has 0 aliphatic rings. The van der Waals surface area contributed by atoms with Crippen LogP contribution in [0, 0.1) is 6.92 Å². The number of nitrogens with zero attached hydrogens (tertiary/aromatic N) is 1. The number of rotatable bonds is 4. The number of halogens is 1. The van der Waals surface area contributed by atoms with Crippen LogP contribution in [0.5, 0.6) is 0 Å². The molecule has 0 aliphatic heterocycles. The van der Waals surface area contributed by atoms with E-state index >= 15 is 0 Å². The van der Waals surface area contributed by atoms with Gasteiger partial charge in [0.25, 0.3) is 5.91 Å². The second kappa shape index (κ2) is 6.59. The molecule has 0 saturated heterocycles. The van der Waals surface area contributed by atoms with Crippen LogP contribution in [0.15, 0.2) is 30.3 Å². The summed E-state index contributed by atoms with van der Waals surface area (Å²) in [7, 11) is 1.74. The zero-order valence-corrected chi connectivity index (χ0v) is 13.1. The number of nitrogens with one attached hydrogen (secondary N) is 2. The molecule has 0 atom stereocenters. The maximum absolute atomic E-state index is 12.4. The zero-order valence-electron chi connectivity index (χ0n) is 12.3. The summed E-state index contributed by atoms with van der Waals surface area (Å²) >= 11 is 6.08. The van der Waals surface area contributed by atoms with Crippen LogP contribution in [0.4, 0.5) is 11.5 Å². The Labute approximate surface area is 129 Å². The first-order valence-corrected chi connectivity index (χ1v) is 7.18. The molecule has 2 N–H and O–H groups in total. The molecule has 0 bridgehead atoms. The SMILES string of the molecule is CCc1cccc(C)c1NC(=O)c1nc(NC)ccc1Cl. The highest BCUT2D eigenvalue weighted by Gasteiger charge is 2.15. The fraction of sp³-hybridized carbons (Fsp3) is 0.250. The van der Waals surface area contributed by atoms with Crippen LogP contribution in [0.25, 0.3) is 0 Å². The number of hydrogen-bond acceptors (Lipinski definition) is 3. The predicted octanol–water partition coefficient (Wildman–Crippen LogP) is 3.90. The fourth-order valence-electron chi connectivity index (χ4n) is 2.12. The molecule has 1 heterocycles. The van der Waals surface area contributed by atoms with Crippen molar-refractivity contribution in [1.29, 1.82) is 0 Å². The van der Waals surface area contributed by atoms with Crippen molar-refractivity contribution >= 4 is 29.0 Å². The first-order chi connectivity index (χ1) is 10.1. The van der Waals surface area contributed by atoms with Crippen molar-refractivity contribution in [2.75, 3.05) is 17.7 Å². The summed E-state index contributed by atoms with van der Waals surface area (Å²) in [6.07, 6.45) is 0.842. The molecule has 0 radical (unpaired) electrons. The molecule has 0 fully saturated rings. The van der Waals surface area contributed by atoms with E-state index in [0.717, 1.165) is 23.2 Å². The lowest BCUT2D eigenvalue weighted by molar-refractivity contribution is 0.102. The topological polar surface area (TPSA) is 54.0 Å². The Bertz CT molecular complexity index is 671. The van der Waals surface area contributed by atoms with E-state index in [2.05, 4.69) is 22.5 Å². The summed E-state index contributed by atoms with van der Waals surface area (Å²) in [5, 5.41) is 6.15. The molecular weight excluding hydrogens is 286 g/mol. The van der Waals surface area contributed by atoms with Gasteiger partial charge in [0.2, 0.25) is 0 Å². The molecule has 0 saturated carbocycles. The van der Waals surface area contributed by atoms with Gasteiger partial charge in [-0.2, -0.15) is 0 Å². The van der Waals surface area contributed by atoms with E-state index < -0.39 is 0 Å². The highest BCUT2D eigenvalue weighted by atomic mass is 35.5. The second-order valence-corrected chi connectivity index (χ2v) is 5.10. The second-order valence-electron chi connectivity index (χ2n) is 4.69. The smallest absolute Gasteiger partial charge is 0.275 e. The van der Waals surface area contributed by atoms with Crippen molar-refractivity contribution in [1.82, 2.24) is 4.98 Å². The zero-order chi connectivity index (χ0) is 15.4. The quantitative estimate of drug-likeness (QED) is 0.900. The van der Waals surface area contributed by atoms with Gasteiger partial charge >= 0.3 is 0 Å². The number of pyridine rings is 1. The van der Waals surface area contributed by atoms with E-state index in [1.165, 1.54) is 0 Å². The molecule has 21 heavy (non-hydrogen) atoms. The average Bonchev–Trinajstić information content (AvgIpc) is 2.49. The average molecular weight is 304 g/mol. The number of anilines is 2. The molecule has 2 rings (SSSR count). The maximum Gasteiger partial charge on any atom is 0.275 e. The van der Waals surface area contributed by atoms with Crippen LogP contribution in [0.2, 0.25) is 5.02 Å². The molecule has 5 heteroatoms. The van der Waals surface area contributed by atoms with E-state index in [-0.39, 0.29) is 11.6 Å². The lowest BCUT2D eigenvalue weighted by Crippen LogP contribution is -2.17. The Morgan fingerprint density at radius 1 is 1.29 bits per heavy atom. The first kappa shape index (κ1) is 15.3. The normalized spacial score (nSPS) is 10.3. The summed E-state index contributed by atoms with van der Waals surface area (Å²) in [6, 6.07) is 9.34. The largest absolute Gasteiger partial charge is 0.373 e. The number of para-hydroxylation sites is 1. The maximum atomic E-state index is 12.4. The Morgan fingerprint density at radius 2 is 2.05 bits per heavy atom. The third-order valence-electron chi connectivity index (χ3n) is 3.30. The molecular formula is C16H18ClN3O. The number of carbonyl (C=O) groups excluding carboxylic acids is 1. The van der Waals surface area contributed by atoms with Gasteiger partial charge in [-0.1, -0.05) is 36.7 Å². The number of aryl methyl sites for hydroxylation is 2. The molecule has 110 valence electrons. The molecule has 0 aliphatic carbocycles. The number of hydrogen-bond donors (Lipinski definition) is 2. The number of carbonyl (C=O) groups is 1. The van der Waals surface area contributed by atoms with E-state index in [0.29, 0.717) is 10.8 Å². The van der Waals surface area contributed by atoms with Crippen LogP contribution in [0.1, 0.15) is 28.5 Å². The van der Waals surface area contributed by atoms with Gasteiger partial charge in [0, 0.05) is 12.7 Å². The van der Waals surface area contributed by atoms with Crippen LogP contribution in [0.3, 0.4) is 0 Å². The molecule has 4 nitrogen and oxygen atoms in total. The van der Waals surface area contributed by atoms with Crippen molar-refractivity contribution < 1.29 is 4.79 Å². The molecule has 1 amide bonds. The van der Waals surface area contributed by atoms with Gasteiger partial charge in [0.1, 0.15) is 11.5 Å². The number of benzene rings is 1. The molecule has 1 aromatic carbocycles. The minimum Gasteiger partial charge on any atom is -0.373 e. The highest BCUT2D eigenvalue weighted by Crippen LogP contribution is 2.23. The Morgan fingerprint density at radius 3 is 2.71 bits per heavy atom. The Kier molecular flexibility index (Phi) is 4.81. The monoisotopic (exact) mass is 303 g/mol. The number of aromatic nitrogens is 1. The van der Waals surface area contributed by atoms with Gasteiger partial charge in [0.15, 0.2) is 0 Å². The van der Waals surface area contributed by atoms with Crippen molar-refractivity contribution in [3.63, 3.8) is 0 Å². The third kappa shape index (κ3) is 3.34. The van der Waals surface area contributed by atoms with Crippen LogP contribution >= 0.6 is 11.6 Å². The van der Waals surface area contributed by atoms with Gasteiger partial charge in [-0.05, 0) is 36.6 Å². The van der Waals surface area contributed by atoms with Crippen molar-refractivity contribution in [2.24, 2.45) is 0 Å². The van der Waals surface area contributed by atoms with Gasteiger partial charge in [-0.25, -0.2) is 4.98 Å². The lowest BCUT2D eigenvalue weighted by atomic mass is 10.1. The molecule has 0 unspecified atom stereocenters. The summed E-state index contributed by atoms with van der Waals surface area (Å²) in [5.74, 6) is 0.297. The summed E-state index contributed by atoms with van der Waals surface area (Å²) < 4.78 is 0. The first-order valence-electron chi connectivity index (χ1n) is 6.81. The number of amides is 1. The van der Waals surface area contributed by atoms with E-state index in [1.807, 2.05) is 25.1 Å². The van der Waals surface area contributed by atoms with E-state index in [4.69, 9.17) is 11.6 Å². The van der Waals surface area contributed by atoms with Crippen LogP contribution < -0.4 is 10.6 Å². The minimum absolute atomic E-state index is 0.217. The van der Waals surface area contributed by atoms with Crippen LogP contribution in [-0.4, -0.2) is 17.9 Å². The standard InChI is InChI=1S/C16H18ClN3O/c1-4-11-7-5-6-10(2)14(11)20-16(21)15-12(17)8-9-13(18-3)19-15/h5-9H,4H2,1-3H3,(H,18,19)(H,20,21). The summed E-state index contributed by atoms with van der Waals surface area (Å²) in [6.45, 7) is 4.02. The molecule has 0 spiro atoms. The van der Waals surface area contributed by atoms with Gasteiger partial charge < -0.3 is 10.6 Å². The van der Waals surface area contributed by atoms with Crippen molar-refractivity contribution in [2.45, 2.75) is 20.3 Å². The molecule has 2 aromatic rings. The Balaban J connectivity index is 2.35. The van der Waals surface area contributed by atoms with Gasteiger partial charge in [0.05, 0.1) is 5.02 Å². The van der Waals surface area contributed by atoms with E-state index in [1.54, 1.807) is 19.2 Å². The summed E-state index contributed by atoms with van der Waals surface area (Å²) in [5.41, 5.74) is 3.15. The molecule has 1 aromatic heterocycles. The fourth-order valence-corrected chi connectivity index (χ4v) is 2.31. The highest BCUT2D eigenvalue weighted by molar-refractivity contribution is 6.34. The Hall–Kier alpha value is -2.07. The van der Waals surface area contributed by atoms with Gasteiger partial charge in [-0.3, -0.25) is 4.79 Å².